The Bertz CT molecular complexity index is 600. The zero-order valence-electron chi connectivity index (χ0n) is 12.8. The van der Waals surface area contributed by atoms with Crippen molar-refractivity contribution in [3.05, 3.63) is 35.4 Å². The Morgan fingerprint density at radius 2 is 2.14 bits per heavy atom. The predicted octanol–water partition coefficient (Wildman–Crippen LogP) is 1.12. The summed E-state index contributed by atoms with van der Waals surface area (Å²) >= 11 is 0. The summed E-state index contributed by atoms with van der Waals surface area (Å²) in [5.41, 5.74) is 3.15. The molecule has 0 fully saturated rings. The second kappa shape index (κ2) is 6.92. The number of nitrogens with zero attached hydrogens (tertiary/aromatic N) is 4. The number of urea groups is 1. The Morgan fingerprint density at radius 1 is 1.33 bits per heavy atom. The fraction of sp³-hybridized carbons (Fsp3) is 0.500. The summed E-state index contributed by atoms with van der Waals surface area (Å²) in [5.74, 6) is 0. The highest BCUT2D eigenvalue weighted by molar-refractivity contribution is 5.73. The van der Waals surface area contributed by atoms with Crippen molar-refractivity contribution in [2.45, 2.75) is 33.4 Å². The number of aryl methyl sites for hydroxylation is 4. The van der Waals surface area contributed by atoms with E-state index in [0.29, 0.717) is 13.1 Å². The first-order valence-corrected chi connectivity index (χ1v) is 7.05. The molecular weight excluding hydrogens is 268 g/mol. The lowest BCUT2D eigenvalue weighted by atomic mass is 10.3. The van der Waals surface area contributed by atoms with Crippen LogP contribution < -0.4 is 10.6 Å². The summed E-state index contributed by atoms with van der Waals surface area (Å²) in [7, 11) is 1.85. The summed E-state index contributed by atoms with van der Waals surface area (Å²) in [6, 6.07) is 1.89. The fourth-order valence-corrected chi connectivity index (χ4v) is 2.14. The molecule has 0 atom stereocenters. The van der Waals surface area contributed by atoms with Gasteiger partial charge >= 0.3 is 6.03 Å². The average Bonchev–Trinajstić information content (AvgIpc) is 2.98. The number of hydrogen-bond donors (Lipinski definition) is 2. The van der Waals surface area contributed by atoms with E-state index in [1.54, 1.807) is 10.9 Å². The predicted molar refractivity (Wildman–Crippen MR) is 79.8 cm³/mol. The van der Waals surface area contributed by atoms with E-state index in [4.69, 9.17) is 0 Å². The third-order valence-electron chi connectivity index (χ3n) is 3.15. The molecule has 2 aromatic heterocycles. The third kappa shape index (κ3) is 4.62. The number of rotatable bonds is 6. The third-order valence-corrected chi connectivity index (χ3v) is 3.15. The van der Waals surface area contributed by atoms with E-state index >= 15 is 0 Å². The van der Waals surface area contributed by atoms with Gasteiger partial charge in [0.25, 0.3) is 0 Å². The molecule has 0 aliphatic heterocycles. The lowest BCUT2D eigenvalue weighted by Crippen LogP contribution is -2.35. The Morgan fingerprint density at radius 3 is 2.76 bits per heavy atom. The van der Waals surface area contributed by atoms with Crippen LogP contribution in [0.4, 0.5) is 4.79 Å². The van der Waals surface area contributed by atoms with Crippen LogP contribution in [0.5, 0.6) is 0 Å². The van der Waals surface area contributed by atoms with Crippen molar-refractivity contribution in [3.8, 4) is 0 Å². The number of carbonyl (C=O) groups excluding carboxylic acids is 1. The largest absolute Gasteiger partial charge is 0.338 e. The molecule has 0 aromatic carbocycles. The molecule has 0 spiro atoms. The van der Waals surface area contributed by atoms with Gasteiger partial charge in [0.05, 0.1) is 11.9 Å². The topological polar surface area (TPSA) is 76.8 Å². The van der Waals surface area contributed by atoms with E-state index in [9.17, 15) is 4.79 Å². The summed E-state index contributed by atoms with van der Waals surface area (Å²) < 4.78 is 3.67. The molecule has 2 amide bonds. The van der Waals surface area contributed by atoms with Gasteiger partial charge in [0.2, 0.25) is 0 Å². The molecule has 21 heavy (non-hydrogen) atoms. The van der Waals surface area contributed by atoms with E-state index in [0.717, 1.165) is 29.9 Å². The molecule has 0 bridgehead atoms. The van der Waals surface area contributed by atoms with Gasteiger partial charge in [-0.1, -0.05) is 0 Å². The van der Waals surface area contributed by atoms with Crippen LogP contribution in [0.15, 0.2) is 18.5 Å². The highest BCUT2D eigenvalue weighted by Gasteiger charge is 2.03. The number of carbonyl (C=O) groups is 1. The molecule has 114 valence electrons. The SMILES string of the molecule is Cc1cc(C)n(CCCNC(=O)NCc2cnn(C)c2)n1. The van der Waals surface area contributed by atoms with Crippen molar-refractivity contribution in [3.63, 3.8) is 0 Å². The maximum absolute atomic E-state index is 11.6. The zero-order valence-corrected chi connectivity index (χ0v) is 12.8. The number of hydrogen-bond acceptors (Lipinski definition) is 3. The normalized spacial score (nSPS) is 10.6. The van der Waals surface area contributed by atoms with Crippen molar-refractivity contribution in [1.82, 2.24) is 30.2 Å². The molecule has 7 heteroatoms. The van der Waals surface area contributed by atoms with Crippen molar-refractivity contribution in [2.24, 2.45) is 7.05 Å². The summed E-state index contributed by atoms with van der Waals surface area (Å²) in [6.07, 6.45) is 4.47. The van der Waals surface area contributed by atoms with Crippen LogP contribution in [0.2, 0.25) is 0 Å². The summed E-state index contributed by atoms with van der Waals surface area (Å²) in [6.45, 7) is 5.93. The minimum Gasteiger partial charge on any atom is -0.338 e. The first-order valence-electron chi connectivity index (χ1n) is 7.05. The molecule has 0 saturated heterocycles. The zero-order chi connectivity index (χ0) is 15.2. The quantitative estimate of drug-likeness (QED) is 0.783. The van der Waals surface area contributed by atoms with Gasteiger partial charge in [-0.3, -0.25) is 9.36 Å². The highest BCUT2D eigenvalue weighted by Crippen LogP contribution is 2.02. The molecule has 2 N–H and O–H groups in total. The molecule has 7 nitrogen and oxygen atoms in total. The number of aromatic nitrogens is 4. The van der Waals surface area contributed by atoms with Gasteiger partial charge in [0.1, 0.15) is 0 Å². The van der Waals surface area contributed by atoms with Crippen LogP contribution in [0.1, 0.15) is 23.4 Å². The molecule has 0 aliphatic rings. The van der Waals surface area contributed by atoms with Gasteiger partial charge < -0.3 is 10.6 Å². The van der Waals surface area contributed by atoms with E-state index in [2.05, 4.69) is 20.8 Å². The lowest BCUT2D eigenvalue weighted by molar-refractivity contribution is 0.240. The van der Waals surface area contributed by atoms with E-state index in [1.807, 2.05) is 37.8 Å². The minimum absolute atomic E-state index is 0.160. The van der Waals surface area contributed by atoms with Crippen molar-refractivity contribution in [1.29, 1.82) is 0 Å². The minimum atomic E-state index is -0.160. The second-order valence-corrected chi connectivity index (χ2v) is 5.14. The van der Waals surface area contributed by atoms with Crippen molar-refractivity contribution < 1.29 is 4.79 Å². The Hall–Kier alpha value is -2.31. The van der Waals surface area contributed by atoms with Crippen molar-refractivity contribution >= 4 is 6.03 Å². The van der Waals surface area contributed by atoms with Gasteiger partial charge in [-0.2, -0.15) is 10.2 Å². The smallest absolute Gasteiger partial charge is 0.315 e. The summed E-state index contributed by atoms with van der Waals surface area (Å²) in [5, 5.41) is 14.1. The number of amides is 2. The van der Waals surface area contributed by atoms with Gasteiger partial charge in [-0.05, 0) is 26.3 Å². The molecule has 2 rings (SSSR count). The van der Waals surface area contributed by atoms with E-state index in [1.165, 1.54) is 0 Å². The first kappa shape index (κ1) is 15.1. The van der Waals surface area contributed by atoms with Crippen LogP contribution in [-0.4, -0.2) is 32.1 Å². The van der Waals surface area contributed by atoms with Crippen LogP contribution >= 0.6 is 0 Å². The molecular formula is C14H22N6O. The van der Waals surface area contributed by atoms with E-state index in [-0.39, 0.29) is 6.03 Å². The maximum Gasteiger partial charge on any atom is 0.315 e. The van der Waals surface area contributed by atoms with Gasteiger partial charge in [0.15, 0.2) is 0 Å². The standard InChI is InChI=1S/C14H22N6O/c1-11-7-12(2)20(18-11)6-4-5-15-14(21)16-8-13-9-17-19(3)10-13/h7,9-10H,4-6,8H2,1-3H3,(H2,15,16,21). The van der Waals surface area contributed by atoms with Crippen LogP contribution in [0.25, 0.3) is 0 Å². The Kier molecular flexibility index (Phi) is 4.97. The molecule has 2 heterocycles. The monoisotopic (exact) mass is 290 g/mol. The van der Waals surface area contributed by atoms with Crippen LogP contribution in [0, 0.1) is 13.8 Å². The highest BCUT2D eigenvalue weighted by atomic mass is 16.2. The molecule has 0 radical (unpaired) electrons. The average molecular weight is 290 g/mol. The maximum atomic E-state index is 11.6. The lowest BCUT2D eigenvalue weighted by Gasteiger charge is -2.07. The van der Waals surface area contributed by atoms with Gasteiger partial charge in [0, 0.05) is 44.1 Å². The second-order valence-electron chi connectivity index (χ2n) is 5.14. The molecule has 0 saturated carbocycles. The Balaban J connectivity index is 1.62. The molecule has 2 aromatic rings. The van der Waals surface area contributed by atoms with Crippen LogP contribution in [-0.2, 0) is 20.1 Å². The molecule has 0 aliphatic carbocycles. The number of nitrogens with one attached hydrogen (secondary N) is 2. The van der Waals surface area contributed by atoms with E-state index < -0.39 is 0 Å². The Labute approximate surface area is 124 Å². The van der Waals surface area contributed by atoms with Gasteiger partial charge in [-0.15, -0.1) is 0 Å². The van der Waals surface area contributed by atoms with Crippen molar-refractivity contribution in [2.75, 3.05) is 6.54 Å². The fourth-order valence-electron chi connectivity index (χ4n) is 2.14. The molecule has 0 unspecified atom stereocenters. The van der Waals surface area contributed by atoms with Gasteiger partial charge in [-0.25, -0.2) is 4.79 Å². The van der Waals surface area contributed by atoms with Crippen LogP contribution in [0.3, 0.4) is 0 Å². The summed E-state index contributed by atoms with van der Waals surface area (Å²) in [4.78, 5) is 11.6. The first-order chi connectivity index (χ1) is 10.0.